The van der Waals surface area contributed by atoms with Gasteiger partial charge in [0.25, 0.3) is 0 Å². The second-order valence-corrected chi connectivity index (χ2v) is 4.98. The molecule has 2 heterocycles. The molecular weight excluding hydrogens is 244 g/mol. The van der Waals surface area contributed by atoms with Crippen molar-refractivity contribution in [3.63, 3.8) is 0 Å². The molecule has 0 aromatic carbocycles. The van der Waals surface area contributed by atoms with Gasteiger partial charge in [-0.2, -0.15) is 0 Å². The minimum atomic E-state index is -0.431. The normalized spacial score (nSPS) is 21.2. The molecule has 5 heteroatoms. The highest BCUT2D eigenvalue weighted by atomic mass is 16.3. The lowest BCUT2D eigenvalue weighted by Crippen LogP contribution is -2.40. The Morgan fingerprint density at radius 2 is 2.21 bits per heavy atom. The van der Waals surface area contributed by atoms with Crippen LogP contribution in [0.3, 0.4) is 0 Å². The molecule has 1 aromatic rings. The summed E-state index contributed by atoms with van der Waals surface area (Å²) >= 11 is 0. The second-order valence-electron chi connectivity index (χ2n) is 4.98. The number of imide groups is 1. The molecule has 5 nitrogen and oxygen atoms in total. The van der Waals surface area contributed by atoms with E-state index in [1.165, 1.54) is 4.90 Å². The molecule has 2 unspecified atom stereocenters. The number of carbonyl (C=O) groups excluding carboxylic acids is 2. The highest BCUT2D eigenvalue weighted by Crippen LogP contribution is 2.20. The summed E-state index contributed by atoms with van der Waals surface area (Å²) in [6.07, 6.45) is 1.03. The van der Waals surface area contributed by atoms with Crippen LogP contribution in [0.4, 0.5) is 0 Å². The van der Waals surface area contributed by atoms with Crippen molar-refractivity contribution in [3.05, 3.63) is 23.7 Å². The monoisotopic (exact) mass is 264 g/mol. The lowest BCUT2D eigenvalue weighted by Gasteiger charge is -2.17. The molecule has 19 heavy (non-hydrogen) atoms. The lowest BCUT2D eigenvalue weighted by molar-refractivity contribution is -0.138. The van der Waals surface area contributed by atoms with Gasteiger partial charge >= 0.3 is 0 Å². The Balaban J connectivity index is 2.00. The highest BCUT2D eigenvalue weighted by Gasteiger charge is 2.38. The Morgan fingerprint density at radius 1 is 1.47 bits per heavy atom. The summed E-state index contributed by atoms with van der Waals surface area (Å²) in [7, 11) is 0. The van der Waals surface area contributed by atoms with Crippen molar-refractivity contribution < 1.29 is 14.0 Å². The molecule has 1 aromatic heterocycles. The van der Waals surface area contributed by atoms with E-state index < -0.39 is 6.04 Å². The van der Waals surface area contributed by atoms with Crippen molar-refractivity contribution in [2.45, 2.75) is 45.7 Å². The fourth-order valence-corrected chi connectivity index (χ4v) is 2.34. The third-order valence-electron chi connectivity index (χ3n) is 3.33. The number of aryl methyl sites for hydroxylation is 1. The maximum Gasteiger partial charge on any atom is 0.246 e. The van der Waals surface area contributed by atoms with Gasteiger partial charge in [-0.05, 0) is 32.4 Å². The standard InChI is InChI=1S/C14H20N2O3/c1-4-7-16-13(17)8-11(14(16)18)15-10(3)12-6-5-9(2)19-12/h5-6,10-11,15H,4,7-8H2,1-3H3. The molecule has 0 saturated carbocycles. The van der Waals surface area contributed by atoms with Gasteiger partial charge in [-0.25, -0.2) is 0 Å². The second kappa shape index (κ2) is 5.57. The molecule has 1 fully saturated rings. The van der Waals surface area contributed by atoms with Crippen LogP contribution in [-0.4, -0.2) is 29.3 Å². The van der Waals surface area contributed by atoms with Crippen LogP contribution < -0.4 is 5.32 Å². The van der Waals surface area contributed by atoms with Gasteiger partial charge < -0.3 is 4.42 Å². The van der Waals surface area contributed by atoms with Crippen LogP contribution in [0.2, 0.25) is 0 Å². The van der Waals surface area contributed by atoms with Crippen LogP contribution in [0.1, 0.15) is 44.3 Å². The first-order valence-corrected chi connectivity index (χ1v) is 6.69. The molecule has 2 amide bonds. The van der Waals surface area contributed by atoms with Gasteiger partial charge in [-0.15, -0.1) is 0 Å². The number of hydrogen-bond donors (Lipinski definition) is 1. The van der Waals surface area contributed by atoms with Crippen LogP contribution in [0.15, 0.2) is 16.5 Å². The smallest absolute Gasteiger partial charge is 0.246 e. The van der Waals surface area contributed by atoms with Gasteiger partial charge in [-0.1, -0.05) is 6.92 Å². The molecule has 1 aliphatic rings. The van der Waals surface area contributed by atoms with Gasteiger partial charge in [0.15, 0.2) is 0 Å². The summed E-state index contributed by atoms with van der Waals surface area (Å²) < 4.78 is 5.52. The van der Waals surface area contributed by atoms with E-state index >= 15 is 0 Å². The predicted molar refractivity (Wildman–Crippen MR) is 70.4 cm³/mol. The summed E-state index contributed by atoms with van der Waals surface area (Å²) in [4.78, 5) is 25.2. The zero-order valence-corrected chi connectivity index (χ0v) is 11.6. The third kappa shape index (κ3) is 2.87. The summed E-state index contributed by atoms with van der Waals surface area (Å²) in [6.45, 7) is 6.27. The Hall–Kier alpha value is -1.62. The van der Waals surface area contributed by atoms with Crippen molar-refractivity contribution in [1.82, 2.24) is 10.2 Å². The molecule has 0 bridgehead atoms. The number of rotatable bonds is 5. The molecule has 0 radical (unpaired) electrons. The summed E-state index contributed by atoms with van der Waals surface area (Å²) in [5, 5.41) is 3.17. The van der Waals surface area contributed by atoms with Gasteiger partial charge in [0.1, 0.15) is 11.5 Å². The van der Waals surface area contributed by atoms with Crippen LogP contribution in [0.25, 0.3) is 0 Å². The van der Waals surface area contributed by atoms with E-state index in [-0.39, 0.29) is 24.3 Å². The van der Waals surface area contributed by atoms with Gasteiger partial charge in [-0.3, -0.25) is 19.8 Å². The van der Waals surface area contributed by atoms with E-state index in [0.717, 1.165) is 17.9 Å². The highest BCUT2D eigenvalue weighted by molar-refractivity contribution is 6.05. The summed E-state index contributed by atoms with van der Waals surface area (Å²) in [6, 6.07) is 3.26. The van der Waals surface area contributed by atoms with E-state index in [4.69, 9.17) is 4.42 Å². The number of furan rings is 1. The third-order valence-corrected chi connectivity index (χ3v) is 3.33. The van der Waals surface area contributed by atoms with Gasteiger partial charge in [0.05, 0.1) is 18.5 Å². The molecule has 2 atom stereocenters. The molecule has 0 aliphatic carbocycles. The van der Waals surface area contributed by atoms with Crippen molar-refractivity contribution in [2.75, 3.05) is 6.54 Å². The quantitative estimate of drug-likeness (QED) is 0.823. The molecule has 1 aliphatic heterocycles. The van der Waals surface area contributed by atoms with Crippen molar-refractivity contribution in [1.29, 1.82) is 0 Å². The number of hydrogen-bond acceptors (Lipinski definition) is 4. The average Bonchev–Trinajstić information content (AvgIpc) is 2.89. The first-order chi connectivity index (χ1) is 9.02. The van der Waals surface area contributed by atoms with Gasteiger partial charge in [0.2, 0.25) is 11.8 Å². The van der Waals surface area contributed by atoms with E-state index in [1.807, 2.05) is 32.9 Å². The number of carbonyl (C=O) groups is 2. The van der Waals surface area contributed by atoms with E-state index in [0.29, 0.717) is 6.54 Å². The largest absolute Gasteiger partial charge is 0.465 e. The Kier molecular flexibility index (Phi) is 4.04. The maximum atomic E-state index is 12.1. The van der Waals surface area contributed by atoms with Crippen LogP contribution in [0, 0.1) is 6.92 Å². The Morgan fingerprint density at radius 3 is 2.79 bits per heavy atom. The molecule has 1 N–H and O–H groups in total. The average molecular weight is 264 g/mol. The van der Waals surface area contributed by atoms with E-state index in [9.17, 15) is 9.59 Å². The molecule has 104 valence electrons. The van der Waals surface area contributed by atoms with Gasteiger partial charge in [0, 0.05) is 6.54 Å². The molecule has 2 rings (SSSR count). The zero-order chi connectivity index (χ0) is 14.0. The molecular formula is C14H20N2O3. The lowest BCUT2D eigenvalue weighted by atomic mass is 10.2. The fourth-order valence-electron chi connectivity index (χ4n) is 2.34. The van der Waals surface area contributed by atoms with Crippen LogP contribution in [0.5, 0.6) is 0 Å². The minimum Gasteiger partial charge on any atom is -0.465 e. The first-order valence-electron chi connectivity index (χ1n) is 6.69. The SMILES string of the molecule is CCCN1C(=O)CC(NC(C)c2ccc(C)o2)C1=O. The topological polar surface area (TPSA) is 62.6 Å². The van der Waals surface area contributed by atoms with E-state index in [2.05, 4.69) is 5.32 Å². The molecule has 0 spiro atoms. The fraction of sp³-hybridized carbons (Fsp3) is 0.571. The number of likely N-dealkylation sites (tertiary alicyclic amines) is 1. The first kappa shape index (κ1) is 13.8. The number of nitrogens with zero attached hydrogens (tertiary/aromatic N) is 1. The van der Waals surface area contributed by atoms with E-state index in [1.54, 1.807) is 0 Å². The van der Waals surface area contributed by atoms with Crippen molar-refractivity contribution >= 4 is 11.8 Å². The zero-order valence-electron chi connectivity index (χ0n) is 11.6. The van der Waals surface area contributed by atoms with Crippen molar-refractivity contribution in [2.24, 2.45) is 0 Å². The van der Waals surface area contributed by atoms with Crippen LogP contribution >= 0.6 is 0 Å². The van der Waals surface area contributed by atoms with Crippen LogP contribution in [-0.2, 0) is 9.59 Å². The molecule has 1 saturated heterocycles. The Bertz CT molecular complexity index is 481. The summed E-state index contributed by atoms with van der Waals surface area (Å²) in [5.41, 5.74) is 0. The Labute approximate surface area is 113 Å². The predicted octanol–water partition coefficient (Wildman–Crippen LogP) is 1.78. The maximum absolute atomic E-state index is 12.1. The minimum absolute atomic E-state index is 0.0861. The van der Waals surface area contributed by atoms with Crippen molar-refractivity contribution in [3.8, 4) is 0 Å². The summed E-state index contributed by atoms with van der Waals surface area (Å²) in [5.74, 6) is 1.41. The number of amides is 2. The number of nitrogens with one attached hydrogen (secondary N) is 1.